The summed E-state index contributed by atoms with van der Waals surface area (Å²) in [5.74, 6) is 2.58. The van der Waals surface area contributed by atoms with Crippen molar-refractivity contribution >= 4 is 22.9 Å². The average Bonchev–Trinajstić information content (AvgIpc) is 3.15. The molecule has 8 heteroatoms. The minimum absolute atomic E-state index is 0.615. The van der Waals surface area contributed by atoms with Crippen LogP contribution in [0, 0.1) is 6.92 Å². The fourth-order valence-electron chi connectivity index (χ4n) is 3.91. The highest BCUT2D eigenvalue weighted by Crippen LogP contribution is 2.24. The summed E-state index contributed by atoms with van der Waals surface area (Å²) in [6, 6.07) is 9.99. The van der Waals surface area contributed by atoms with Gasteiger partial charge in [0.1, 0.15) is 11.3 Å². The van der Waals surface area contributed by atoms with Gasteiger partial charge in [0, 0.05) is 63.1 Å². The number of aryl methyl sites for hydroxylation is 1. The number of rotatable bonds is 7. The summed E-state index contributed by atoms with van der Waals surface area (Å²) in [4.78, 5) is 17.8. The summed E-state index contributed by atoms with van der Waals surface area (Å²) >= 11 is 0. The standard InChI is InChI=1S/C23H31N7O/c1-18-19-7-3-4-8-20(19)31-21(18)17-28-22(24-2)25-11-6-12-29-13-15-30(16-14-29)23-26-9-5-10-27-23/h3-5,7-10H,6,11-17H2,1-2H3,(H2,24,25,28). The van der Waals surface area contributed by atoms with Crippen LogP contribution in [0.4, 0.5) is 5.95 Å². The Balaban J connectivity index is 1.16. The predicted octanol–water partition coefficient (Wildman–Crippen LogP) is 2.41. The van der Waals surface area contributed by atoms with Crippen molar-refractivity contribution in [1.29, 1.82) is 0 Å². The second-order valence-corrected chi connectivity index (χ2v) is 7.73. The van der Waals surface area contributed by atoms with Crippen LogP contribution >= 0.6 is 0 Å². The summed E-state index contributed by atoms with van der Waals surface area (Å²) < 4.78 is 5.97. The molecule has 2 N–H and O–H groups in total. The molecule has 3 aromatic rings. The second kappa shape index (κ2) is 10.3. The Labute approximate surface area is 183 Å². The molecule has 1 aliphatic rings. The molecule has 0 radical (unpaired) electrons. The van der Waals surface area contributed by atoms with E-state index in [1.165, 1.54) is 10.9 Å². The second-order valence-electron chi connectivity index (χ2n) is 7.73. The van der Waals surface area contributed by atoms with Gasteiger partial charge in [-0.15, -0.1) is 0 Å². The van der Waals surface area contributed by atoms with Crippen molar-refractivity contribution in [3.8, 4) is 0 Å². The molecule has 0 spiro atoms. The molecule has 1 saturated heterocycles. The minimum Gasteiger partial charge on any atom is -0.459 e. The average molecular weight is 422 g/mol. The maximum Gasteiger partial charge on any atom is 0.225 e. The first kappa shape index (κ1) is 21.1. The number of aromatic nitrogens is 2. The third-order valence-electron chi connectivity index (χ3n) is 5.73. The largest absolute Gasteiger partial charge is 0.459 e. The number of para-hydroxylation sites is 1. The fourth-order valence-corrected chi connectivity index (χ4v) is 3.91. The molecule has 8 nitrogen and oxygen atoms in total. The first-order valence-electron chi connectivity index (χ1n) is 10.9. The molecular formula is C23H31N7O. The number of furan rings is 1. The van der Waals surface area contributed by atoms with Crippen LogP contribution in [0.3, 0.4) is 0 Å². The Kier molecular flexibility index (Phi) is 6.99. The number of guanidine groups is 1. The van der Waals surface area contributed by atoms with Crippen LogP contribution in [0.15, 0.2) is 52.1 Å². The third kappa shape index (κ3) is 5.32. The maximum absolute atomic E-state index is 5.97. The molecular weight excluding hydrogens is 390 g/mol. The number of fused-ring (bicyclic) bond motifs is 1. The van der Waals surface area contributed by atoms with E-state index in [4.69, 9.17) is 4.42 Å². The number of piperazine rings is 1. The van der Waals surface area contributed by atoms with Crippen LogP contribution in [-0.4, -0.2) is 67.1 Å². The Hall–Kier alpha value is -3.13. The van der Waals surface area contributed by atoms with E-state index in [1.54, 1.807) is 19.4 Å². The van der Waals surface area contributed by atoms with Gasteiger partial charge < -0.3 is 20.0 Å². The van der Waals surface area contributed by atoms with Gasteiger partial charge in [0.2, 0.25) is 5.95 Å². The van der Waals surface area contributed by atoms with Gasteiger partial charge in [0.25, 0.3) is 0 Å². The first-order chi connectivity index (χ1) is 15.2. The summed E-state index contributed by atoms with van der Waals surface area (Å²) in [6.45, 7) is 8.67. The summed E-state index contributed by atoms with van der Waals surface area (Å²) in [6.07, 6.45) is 4.67. The molecule has 0 aliphatic carbocycles. The first-order valence-corrected chi connectivity index (χ1v) is 10.9. The van der Waals surface area contributed by atoms with Gasteiger partial charge in [0.15, 0.2) is 5.96 Å². The molecule has 0 bridgehead atoms. The van der Waals surface area contributed by atoms with Crippen LogP contribution in [0.5, 0.6) is 0 Å². The lowest BCUT2D eigenvalue weighted by atomic mass is 10.1. The van der Waals surface area contributed by atoms with Crippen molar-refractivity contribution in [3.63, 3.8) is 0 Å². The molecule has 1 aliphatic heterocycles. The van der Waals surface area contributed by atoms with E-state index < -0.39 is 0 Å². The lowest BCUT2D eigenvalue weighted by Crippen LogP contribution is -2.47. The summed E-state index contributed by atoms with van der Waals surface area (Å²) in [5.41, 5.74) is 2.11. The van der Waals surface area contributed by atoms with Gasteiger partial charge >= 0.3 is 0 Å². The van der Waals surface area contributed by atoms with Crippen molar-refractivity contribution in [2.75, 3.05) is 51.2 Å². The lowest BCUT2D eigenvalue weighted by Gasteiger charge is -2.34. The van der Waals surface area contributed by atoms with Crippen LogP contribution in [0.1, 0.15) is 17.7 Å². The zero-order chi connectivity index (χ0) is 21.5. The molecule has 0 saturated carbocycles. The summed E-state index contributed by atoms with van der Waals surface area (Å²) in [5, 5.41) is 7.94. The minimum atomic E-state index is 0.615. The smallest absolute Gasteiger partial charge is 0.225 e. The lowest BCUT2D eigenvalue weighted by molar-refractivity contribution is 0.254. The number of anilines is 1. The van der Waals surface area contributed by atoms with E-state index in [2.05, 4.69) is 48.4 Å². The Morgan fingerprint density at radius 2 is 1.84 bits per heavy atom. The maximum atomic E-state index is 5.97. The van der Waals surface area contributed by atoms with Crippen LogP contribution in [0.2, 0.25) is 0 Å². The normalized spacial score (nSPS) is 15.4. The number of aliphatic imine (C=N–C) groups is 1. The molecule has 164 valence electrons. The number of nitrogens with zero attached hydrogens (tertiary/aromatic N) is 5. The van der Waals surface area contributed by atoms with Gasteiger partial charge in [-0.3, -0.25) is 9.89 Å². The van der Waals surface area contributed by atoms with Crippen LogP contribution < -0.4 is 15.5 Å². The highest BCUT2D eigenvalue weighted by molar-refractivity contribution is 5.82. The predicted molar refractivity (Wildman–Crippen MR) is 124 cm³/mol. The molecule has 0 unspecified atom stereocenters. The van der Waals surface area contributed by atoms with Crippen LogP contribution in [0.25, 0.3) is 11.0 Å². The van der Waals surface area contributed by atoms with Gasteiger partial charge in [-0.2, -0.15) is 0 Å². The van der Waals surface area contributed by atoms with E-state index in [0.29, 0.717) is 6.54 Å². The Morgan fingerprint density at radius 3 is 2.58 bits per heavy atom. The van der Waals surface area contributed by atoms with E-state index >= 15 is 0 Å². The van der Waals surface area contributed by atoms with Crippen molar-refractivity contribution in [2.45, 2.75) is 19.9 Å². The molecule has 0 amide bonds. The van der Waals surface area contributed by atoms with Gasteiger partial charge in [-0.1, -0.05) is 18.2 Å². The fraction of sp³-hybridized carbons (Fsp3) is 0.435. The molecule has 1 aromatic carbocycles. The molecule has 3 heterocycles. The number of benzene rings is 1. The van der Waals surface area contributed by atoms with Crippen molar-refractivity contribution in [3.05, 3.63) is 54.0 Å². The number of hydrogen-bond acceptors (Lipinski definition) is 6. The Bertz CT molecular complexity index is 994. The molecule has 4 rings (SSSR count). The van der Waals surface area contributed by atoms with Crippen molar-refractivity contribution in [2.24, 2.45) is 4.99 Å². The van der Waals surface area contributed by atoms with Gasteiger partial charge in [-0.25, -0.2) is 9.97 Å². The van der Waals surface area contributed by atoms with E-state index in [9.17, 15) is 0 Å². The van der Waals surface area contributed by atoms with Gasteiger partial charge in [-0.05, 0) is 32.0 Å². The monoisotopic (exact) mass is 421 g/mol. The van der Waals surface area contributed by atoms with Crippen molar-refractivity contribution < 1.29 is 4.42 Å². The van der Waals surface area contributed by atoms with Crippen molar-refractivity contribution in [1.82, 2.24) is 25.5 Å². The highest BCUT2D eigenvalue weighted by atomic mass is 16.3. The number of hydrogen-bond donors (Lipinski definition) is 2. The molecule has 1 fully saturated rings. The molecule has 2 aromatic heterocycles. The van der Waals surface area contributed by atoms with E-state index in [-0.39, 0.29) is 0 Å². The molecule has 0 atom stereocenters. The topological polar surface area (TPSA) is 81.8 Å². The van der Waals surface area contributed by atoms with E-state index in [0.717, 1.165) is 68.9 Å². The number of nitrogens with one attached hydrogen (secondary N) is 2. The van der Waals surface area contributed by atoms with Gasteiger partial charge in [0.05, 0.1) is 6.54 Å². The summed E-state index contributed by atoms with van der Waals surface area (Å²) in [7, 11) is 1.80. The molecule has 31 heavy (non-hydrogen) atoms. The third-order valence-corrected chi connectivity index (χ3v) is 5.73. The van der Waals surface area contributed by atoms with E-state index in [1.807, 2.05) is 24.3 Å². The SMILES string of the molecule is CN=C(NCCCN1CCN(c2ncccn2)CC1)NCc1oc2ccccc2c1C. The zero-order valence-corrected chi connectivity index (χ0v) is 18.3. The van der Waals surface area contributed by atoms with Crippen LogP contribution in [-0.2, 0) is 6.54 Å². The highest BCUT2D eigenvalue weighted by Gasteiger charge is 2.18. The zero-order valence-electron chi connectivity index (χ0n) is 18.3. The Morgan fingerprint density at radius 1 is 1.06 bits per heavy atom. The quantitative estimate of drug-likeness (QED) is 0.344.